The zero-order chi connectivity index (χ0) is 42.5. The summed E-state index contributed by atoms with van der Waals surface area (Å²) in [4.78, 5) is 63.4. The maximum absolute atomic E-state index is 14.3. The highest BCUT2D eigenvalue weighted by molar-refractivity contribution is 6.06. The van der Waals surface area contributed by atoms with E-state index < -0.39 is 51.0 Å². The Morgan fingerprint density at radius 2 is 1.59 bits per heavy atom. The molecule has 0 bridgehead atoms. The van der Waals surface area contributed by atoms with Gasteiger partial charge in [0.25, 0.3) is 0 Å². The van der Waals surface area contributed by atoms with Crippen molar-refractivity contribution in [2.24, 2.45) is 56.2 Å². The fraction of sp³-hybridized carbons (Fsp3) is 0.694. The predicted molar refractivity (Wildman–Crippen MR) is 217 cm³/mol. The van der Waals surface area contributed by atoms with Crippen LogP contribution >= 0.6 is 0 Å². The number of furan rings is 1. The summed E-state index contributed by atoms with van der Waals surface area (Å²) >= 11 is 0. The molecule has 14 unspecified atom stereocenters. The molecule has 0 radical (unpaired) electrons. The van der Waals surface area contributed by atoms with Gasteiger partial charge in [-0.25, -0.2) is 0 Å². The van der Waals surface area contributed by atoms with Gasteiger partial charge in [0.1, 0.15) is 23.6 Å². The van der Waals surface area contributed by atoms with Gasteiger partial charge in [0.05, 0.1) is 29.5 Å². The number of ketones is 3. The average Bonchev–Trinajstić information content (AvgIpc) is 3.37. The van der Waals surface area contributed by atoms with E-state index >= 15 is 0 Å². The summed E-state index contributed by atoms with van der Waals surface area (Å²) in [6, 6.07) is 1.95. The minimum atomic E-state index is -1.17. The average molecular weight is 811 g/mol. The molecule has 10 heteroatoms. The Bertz CT molecular complexity index is 2120. The molecule has 9 aliphatic rings. The number of carbonyl (C=O) groups is 5. The van der Waals surface area contributed by atoms with Crippen LogP contribution in [0.25, 0.3) is 0 Å². The Hall–Kier alpha value is -3.79. The number of aliphatic hydroxyl groups is 1. The first-order valence-corrected chi connectivity index (χ1v) is 22.1. The molecule has 10 nitrogen and oxygen atoms in total. The lowest BCUT2D eigenvalue weighted by Crippen LogP contribution is -2.70. The molecule has 1 aromatic rings. The summed E-state index contributed by atoms with van der Waals surface area (Å²) in [5.41, 5.74) is -1.32. The summed E-state index contributed by atoms with van der Waals surface area (Å²) in [5.74, 6) is 0.497. The van der Waals surface area contributed by atoms with Gasteiger partial charge in [0.2, 0.25) is 5.78 Å². The lowest BCUT2D eigenvalue weighted by Gasteiger charge is -2.64. The number of hydrogen-bond donors (Lipinski definition) is 1. The normalized spacial score (nSPS) is 47.1. The molecule has 59 heavy (non-hydrogen) atoms. The molecule has 1 aliphatic heterocycles. The quantitative estimate of drug-likeness (QED) is 0.178. The second kappa shape index (κ2) is 12.9. The number of epoxide rings is 1. The minimum Gasteiger partial charge on any atom is -0.504 e. The molecule has 0 aromatic carbocycles. The van der Waals surface area contributed by atoms with Crippen molar-refractivity contribution < 1.29 is 47.7 Å². The largest absolute Gasteiger partial charge is 0.504 e. The Balaban J connectivity index is 0.000000163. The molecule has 6 fully saturated rings. The molecule has 10 rings (SSSR count). The second-order valence-corrected chi connectivity index (χ2v) is 21.4. The van der Waals surface area contributed by atoms with Crippen LogP contribution in [0.15, 0.2) is 58.1 Å². The van der Waals surface area contributed by atoms with Gasteiger partial charge in [-0.1, -0.05) is 45.4 Å². The molecular weight excluding hydrogens is 749 g/mol. The van der Waals surface area contributed by atoms with Crippen LogP contribution < -0.4 is 0 Å². The van der Waals surface area contributed by atoms with E-state index in [2.05, 4.69) is 26.8 Å². The van der Waals surface area contributed by atoms with Gasteiger partial charge < -0.3 is 23.7 Å². The molecular formula is C49H62O10. The number of hydrogen-bond acceptors (Lipinski definition) is 10. The summed E-state index contributed by atoms with van der Waals surface area (Å²) in [6.07, 6.45) is 18.0. The van der Waals surface area contributed by atoms with Crippen LogP contribution in [0.3, 0.4) is 0 Å². The maximum Gasteiger partial charge on any atom is 0.302 e. The number of fused-ring (bicyclic) bond motifs is 8. The van der Waals surface area contributed by atoms with Crippen LogP contribution in [0.2, 0.25) is 0 Å². The second-order valence-electron chi connectivity index (χ2n) is 21.4. The Kier molecular flexibility index (Phi) is 8.86. The van der Waals surface area contributed by atoms with Crippen LogP contribution in [0.5, 0.6) is 0 Å². The van der Waals surface area contributed by atoms with Crippen molar-refractivity contribution >= 4 is 29.3 Å². The van der Waals surface area contributed by atoms with Gasteiger partial charge in [-0.05, 0) is 125 Å². The Morgan fingerprint density at radius 1 is 0.898 bits per heavy atom. The summed E-state index contributed by atoms with van der Waals surface area (Å²) < 4.78 is 23.4. The molecule has 0 amide bonds. The zero-order valence-corrected chi connectivity index (χ0v) is 36.3. The van der Waals surface area contributed by atoms with E-state index in [1.807, 2.05) is 19.9 Å². The van der Waals surface area contributed by atoms with Gasteiger partial charge in [-0.2, -0.15) is 0 Å². The molecule has 1 N–H and O–H groups in total. The number of aliphatic hydroxyl groups excluding tert-OH is 1. The Morgan fingerprint density at radius 3 is 2.27 bits per heavy atom. The van der Waals surface area contributed by atoms with Crippen LogP contribution in [0.1, 0.15) is 138 Å². The molecule has 8 aliphatic carbocycles. The molecule has 1 aromatic heterocycles. The fourth-order valence-electron chi connectivity index (χ4n) is 16.0. The van der Waals surface area contributed by atoms with E-state index in [-0.39, 0.29) is 46.5 Å². The van der Waals surface area contributed by atoms with E-state index in [9.17, 15) is 29.1 Å². The van der Waals surface area contributed by atoms with Gasteiger partial charge in [-0.3, -0.25) is 24.0 Å². The third kappa shape index (κ3) is 5.16. The highest BCUT2D eigenvalue weighted by atomic mass is 16.6. The van der Waals surface area contributed by atoms with E-state index in [1.54, 1.807) is 38.5 Å². The third-order valence-corrected chi connectivity index (χ3v) is 18.5. The highest BCUT2D eigenvalue weighted by Gasteiger charge is 2.89. The van der Waals surface area contributed by atoms with Gasteiger partial charge >= 0.3 is 11.9 Å². The van der Waals surface area contributed by atoms with Crippen molar-refractivity contribution in [1.82, 2.24) is 0 Å². The van der Waals surface area contributed by atoms with Crippen molar-refractivity contribution in [2.45, 2.75) is 156 Å². The maximum atomic E-state index is 14.3. The topological polar surface area (TPSA) is 150 Å². The summed E-state index contributed by atoms with van der Waals surface area (Å²) in [6.45, 7) is 17.0. The van der Waals surface area contributed by atoms with Gasteiger partial charge in [0.15, 0.2) is 11.5 Å². The van der Waals surface area contributed by atoms with E-state index in [4.69, 9.17) is 18.6 Å². The van der Waals surface area contributed by atoms with Crippen LogP contribution in [-0.2, 0) is 38.2 Å². The molecule has 1 spiro atoms. The number of allylic oxidation sites excluding steroid dienone is 5. The van der Waals surface area contributed by atoms with E-state index in [0.29, 0.717) is 42.0 Å². The van der Waals surface area contributed by atoms with Crippen LogP contribution in [0.4, 0.5) is 0 Å². The highest BCUT2D eigenvalue weighted by Crippen LogP contribution is 2.81. The molecule has 318 valence electrons. The minimum absolute atomic E-state index is 0.0438. The van der Waals surface area contributed by atoms with Crippen molar-refractivity contribution in [3.8, 4) is 0 Å². The number of ether oxygens (including phenoxy) is 3. The number of carbonyl (C=O) groups excluding carboxylic acids is 5. The van der Waals surface area contributed by atoms with Crippen molar-refractivity contribution in [1.29, 1.82) is 0 Å². The molecule has 14 atom stereocenters. The smallest absolute Gasteiger partial charge is 0.302 e. The lowest BCUT2D eigenvalue weighted by atomic mass is 9.38. The lowest BCUT2D eigenvalue weighted by molar-refractivity contribution is -0.200. The number of rotatable bonds is 3. The van der Waals surface area contributed by atoms with E-state index in [1.165, 1.54) is 25.8 Å². The third-order valence-electron chi connectivity index (χ3n) is 18.5. The SMILES string of the molecule is CC(=O)OC1CC2(C)C(c3ccoc3)CC3OC32C2(C)C(=O)C(O)=C3C(C)(C)C(=O)C=CC3(C)C12.CC(=O)OC1CCC2(C)C(=CCC3C4CCC(=O)C4(C)CCC32)C1. The molecule has 2 heterocycles. The van der Waals surface area contributed by atoms with E-state index in [0.717, 1.165) is 50.5 Å². The first-order valence-electron chi connectivity index (χ1n) is 22.1. The van der Waals surface area contributed by atoms with Gasteiger partial charge in [-0.15, -0.1) is 0 Å². The van der Waals surface area contributed by atoms with Crippen LogP contribution in [0, 0.1) is 56.2 Å². The van der Waals surface area contributed by atoms with Crippen LogP contribution in [-0.4, -0.2) is 58.3 Å². The first-order chi connectivity index (χ1) is 27.6. The van der Waals surface area contributed by atoms with Gasteiger partial charge in [0, 0.05) is 48.9 Å². The Labute approximate surface area is 347 Å². The predicted octanol–water partition coefficient (Wildman–Crippen LogP) is 8.88. The van der Waals surface area contributed by atoms with Crippen molar-refractivity contribution in [2.75, 3.05) is 0 Å². The fourth-order valence-corrected chi connectivity index (χ4v) is 16.0. The molecule has 1 saturated heterocycles. The summed E-state index contributed by atoms with van der Waals surface area (Å²) in [5, 5.41) is 11.5. The van der Waals surface area contributed by atoms with Crippen molar-refractivity contribution in [3.05, 3.63) is 59.3 Å². The molecule has 5 saturated carbocycles. The van der Waals surface area contributed by atoms with Crippen molar-refractivity contribution in [3.63, 3.8) is 0 Å². The summed E-state index contributed by atoms with van der Waals surface area (Å²) in [7, 11) is 0. The monoisotopic (exact) mass is 810 g/mol. The first kappa shape index (κ1) is 40.6. The zero-order valence-electron chi connectivity index (χ0n) is 36.3. The number of esters is 2. The standard InChI is InChI=1S/C28H32O7.C21H30O3/c1-14(29)34-17-12-26(5)16(15-8-10-33-13-15)11-19-28(26,35-19)27(6)21(17)25(4)9-7-18(30)24(2,3)22(25)20(31)23(27)32;1-13(22)24-15-8-10-20(2)14(12-15)4-5-16-17-6-7-19(23)21(17,3)11-9-18(16)20/h7-10,13,16-17,19,21,31H,11-12H2,1-6H3;4,15-18H,5-12H2,1-3H3. The number of Topliss-reactive ketones (excluding diaryl/α,β-unsaturated/α-hetero) is 2.